The van der Waals surface area contributed by atoms with Crippen molar-refractivity contribution in [1.82, 2.24) is 0 Å². The first-order chi connectivity index (χ1) is 14.2. The van der Waals surface area contributed by atoms with Crippen molar-refractivity contribution >= 4 is 46.4 Å². The maximum Gasteiger partial charge on any atom is 0.256 e. The molecule has 0 heterocycles. The molecule has 2 amide bonds. The molecular weight excluding hydrogens is 419 g/mol. The highest BCUT2D eigenvalue weighted by molar-refractivity contribution is 6.42. The molecule has 4 nitrogen and oxygen atoms in total. The minimum Gasteiger partial charge on any atom is -0.321 e. The normalized spacial score (nSPS) is 10.6. The summed E-state index contributed by atoms with van der Waals surface area (Å²) in [5, 5.41) is 6.21. The van der Waals surface area contributed by atoms with Gasteiger partial charge in [-0.2, -0.15) is 0 Å². The molecule has 0 unspecified atom stereocenters. The molecule has 0 bridgehead atoms. The Balaban J connectivity index is 2.00. The molecule has 0 aliphatic carbocycles. The number of carbonyl (C=O) groups is 2. The Bertz CT molecular complexity index is 1030. The van der Waals surface area contributed by atoms with Gasteiger partial charge < -0.3 is 10.6 Å². The van der Waals surface area contributed by atoms with E-state index in [0.29, 0.717) is 11.4 Å². The van der Waals surface area contributed by atoms with Crippen molar-refractivity contribution < 1.29 is 9.59 Å². The number of para-hydroxylation sites is 2. The molecule has 0 aromatic heterocycles. The molecule has 0 radical (unpaired) electrons. The van der Waals surface area contributed by atoms with E-state index >= 15 is 0 Å². The highest BCUT2D eigenvalue weighted by Gasteiger charge is 2.21. The van der Waals surface area contributed by atoms with Crippen LogP contribution in [-0.4, -0.2) is 11.8 Å². The van der Waals surface area contributed by atoms with Gasteiger partial charge in [0.1, 0.15) is 0 Å². The lowest BCUT2D eigenvalue weighted by molar-refractivity contribution is 0.0990. The van der Waals surface area contributed by atoms with E-state index < -0.39 is 11.8 Å². The lowest BCUT2D eigenvalue weighted by atomic mass is 10.0. The van der Waals surface area contributed by atoms with Gasteiger partial charge in [0.05, 0.1) is 21.2 Å². The third-order valence-corrected chi connectivity index (χ3v) is 5.71. The van der Waals surface area contributed by atoms with Crippen LogP contribution in [0.4, 0.5) is 11.4 Å². The maximum absolute atomic E-state index is 13.1. The summed E-state index contributed by atoms with van der Waals surface area (Å²) in [7, 11) is 0. The van der Waals surface area contributed by atoms with Gasteiger partial charge in [-0.1, -0.05) is 59.6 Å². The zero-order valence-electron chi connectivity index (χ0n) is 17.2. The van der Waals surface area contributed by atoms with E-state index in [1.807, 2.05) is 64.1 Å². The minimum absolute atomic E-state index is 0.149. The zero-order valence-corrected chi connectivity index (χ0v) is 18.7. The first kappa shape index (κ1) is 21.9. The largest absolute Gasteiger partial charge is 0.321 e. The predicted molar refractivity (Wildman–Crippen MR) is 124 cm³/mol. The molecule has 3 aromatic carbocycles. The van der Waals surface area contributed by atoms with E-state index in [1.165, 1.54) is 12.1 Å². The van der Waals surface area contributed by atoms with Crippen molar-refractivity contribution in [3.8, 4) is 0 Å². The van der Waals surface area contributed by atoms with Gasteiger partial charge in [-0.15, -0.1) is 0 Å². The number of hydrogen-bond donors (Lipinski definition) is 2. The van der Waals surface area contributed by atoms with Gasteiger partial charge in [0.2, 0.25) is 0 Å². The molecule has 0 saturated carbocycles. The van der Waals surface area contributed by atoms with Gasteiger partial charge in [0, 0.05) is 11.4 Å². The summed E-state index contributed by atoms with van der Waals surface area (Å²) in [6, 6.07) is 14.3. The Hall–Kier alpha value is -2.82. The molecule has 154 valence electrons. The lowest BCUT2D eigenvalue weighted by Gasteiger charge is -2.16. The second kappa shape index (κ2) is 8.90. The Kier molecular flexibility index (Phi) is 6.49. The Morgan fingerprint density at radius 1 is 0.633 bits per heavy atom. The fraction of sp³-hybridized carbons (Fsp3) is 0.167. The number of benzene rings is 3. The number of halogens is 2. The number of carbonyl (C=O) groups excluding carboxylic acids is 2. The van der Waals surface area contributed by atoms with Gasteiger partial charge in [-0.05, 0) is 62.1 Å². The highest BCUT2D eigenvalue weighted by Crippen LogP contribution is 2.29. The smallest absolute Gasteiger partial charge is 0.256 e. The summed E-state index contributed by atoms with van der Waals surface area (Å²) in [6.07, 6.45) is 0. The standard InChI is InChI=1S/C24H22Cl2N2O2/c1-13-7-5-8-14(2)21(13)27-23(29)17-11-19(25)20(26)12-18(17)24(30)28-22-15(3)9-6-10-16(22)4/h5-12H,1-4H3,(H,27,29)(H,28,30). The second-order valence-corrected chi connectivity index (χ2v) is 8.07. The molecule has 0 aliphatic heterocycles. The maximum atomic E-state index is 13.1. The summed E-state index contributed by atoms with van der Waals surface area (Å²) in [6.45, 7) is 7.64. The molecule has 0 aliphatic rings. The number of aryl methyl sites for hydroxylation is 4. The van der Waals surface area contributed by atoms with Gasteiger partial charge in [0.15, 0.2) is 0 Å². The number of anilines is 2. The van der Waals surface area contributed by atoms with E-state index in [4.69, 9.17) is 23.2 Å². The van der Waals surface area contributed by atoms with Crippen LogP contribution >= 0.6 is 23.2 Å². The number of nitrogens with one attached hydrogen (secondary N) is 2. The van der Waals surface area contributed by atoms with E-state index in [0.717, 1.165) is 22.3 Å². The predicted octanol–water partition coefficient (Wildman–Crippen LogP) is 6.73. The van der Waals surface area contributed by atoms with E-state index in [1.54, 1.807) is 0 Å². The summed E-state index contributed by atoms with van der Waals surface area (Å²) >= 11 is 12.3. The van der Waals surface area contributed by atoms with E-state index in [9.17, 15) is 9.59 Å². The van der Waals surface area contributed by atoms with Crippen LogP contribution in [0, 0.1) is 27.7 Å². The van der Waals surface area contributed by atoms with Crippen molar-refractivity contribution in [3.05, 3.63) is 92.0 Å². The quantitative estimate of drug-likeness (QED) is 0.472. The summed E-state index contributed by atoms with van der Waals surface area (Å²) in [5.74, 6) is -0.866. The number of hydrogen-bond acceptors (Lipinski definition) is 2. The van der Waals surface area contributed by atoms with Crippen molar-refractivity contribution in [2.45, 2.75) is 27.7 Å². The van der Waals surface area contributed by atoms with Crippen LogP contribution in [0.15, 0.2) is 48.5 Å². The third-order valence-electron chi connectivity index (χ3n) is 4.99. The molecule has 2 N–H and O–H groups in total. The Morgan fingerprint density at radius 2 is 0.933 bits per heavy atom. The Morgan fingerprint density at radius 3 is 1.23 bits per heavy atom. The molecule has 0 saturated heterocycles. The minimum atomic E-state index is -0.433. The van der Waals surface area contributed by atoms with Gasteiger partial charge in [-0.25, -0.2) is 0 Å². The highest BCUT2D eigenvalue weighted by atomic mass is 35.5. The van der Waals surface area contributed by atoms with Crippen LogP contribution in [-0.2, 0) is 0 Å². The fourth-order valence-electron chi connectivity index (χ4n) is 3.31. The van der Waals surface area contributed by atoms with Crippen LogP contribution in [0.5, 0.6) is 0 Å². The summed E-state index contributed by atoms with van der Waals surface area (Å²) < 4.78 is 0. The number of rotatable bonds is 4. The fourth-order valence-corrected chi connectivity index (χ4v) is 3.63. The lowest BCUT2D eigenvalue weighted by Crippen LogP contribution is -2.21. The van der Waals surface area contributed by atoms with Crippen molar-refractivity contribution in [1.29, 1.82) is 0 Å². The molecule has 0 spiro atoms. The van der Waals surface area contributed by atoms with Crippen LogP contribution in [0.2, 0.25) is 10.0 Å². The first-order valence-electron chi connectivity index (χ1n) is 9.43. The third kappa shape index (κ3) is 4.50. The van der Waals surface area contributed by atoms with Gasteiger partial charge in [-0.3, -0.25) is 9.59 Å². The Labute approximate surface area is 186 Å². The van der Waals surface area contributed by atoms with Gasteiger partial charge in [0.25, 0.3) is 11.8 Å². The van der Waals surface area contributed by atoms with Crippen LogP contribution in [0.3, 0.4) is 0 Å². The molecule has 3 rings (SSSR count). The molecule has 0 atom stereocenters. The summed E-state index contributed by atoms with van der Waals surface area (Å²) in [4.78, 5) is 26.2. The van der Waals surface area contributed by atoms with E-state index in [-0.39, 0.29) is 21.2 Å². The molecule has 0 fully saturated rings. The SMILES string of the molecule is Cc1cccc(C)c1NC(=O)c1cc(Cl)c(Cl)cc1C(=O)Nc1c(C)cccc1C. The first-order valence-corrected chi connectivity index (χ1v) is 10.2. The average Bonchev–Trinajstić information content (AvgIpc) is 2.69. The van der Waals surface area contributed by atoms with Crippen molar-refractivity contribution in [2.24, 2.45) is 0 Å². The van der Waals surface area contributed by atoms with Crippen LogP contribution < -0.4 is 10.6 Å². The van der Waals surface area contributed by atoms with E-state index in [2.05, 4.69) is 10.6 Å². The van der Waals surface area contributed by atoms with Gasteiger partial charge >= 0.3 is 0 Å². The van der Waals surface area contributed by atoms with Crippen LogP contribution in [0.1, 0.15) is 43.0 Å². The molecular formula is C24H22Cl2N2O2. The molecule has 6 heteroatoms. The monoisotopic (exact) mass is 440 g/mol. The van der Waals surface area contributed by atoms with Crippen molar-refractivity contribution in [2.75, 3.05) is 10.6 Å². The average molecular weight is 441 g/mol. The molecule has 30 heavy (non-hydrogen) atoms. The van der Waals surface area contributed by atoms with Crippen LogP contribution in [0.25, 0.3) is 0 Å². The number of amides is 2. The topological polar surface area (TPSA) is 58.2 Å². The summed E-state index contributed by atoms with van der Waals surface area (Å²) in [5.41, 5.74) is 5.39. The zero-order chi connectivity index (χ0) is 22.0. The second-order valence-electron chi connectivity index (χ2n) is 7.25. The molecule has 3 aromatic rings. The van der Waals surface area contributed by atoms with Crippen molar-refractivity contribution in [3.63, 3.8) is 0 Å².